The molecular weight excluding hydrogens is 176 g/mol. The van der Waals surface area contributed by atoms with Crippen molar-refractivity contribution in [2.75, 3.05) is 5.73 Å². The number of carbonyl (C=O) groups is 1. The number of aromatic nitrogens is 1. The summed E-state index contributed by atoms with van der Waals surface area (Å²) in [6.07, 6.45) is -0.738. The molecule has 0 saturated carbocycles. The number of carbonyl (C=O) groups excluding carboxylic acids is 1. The number of thiazole rings is 1. The molecule has 66 valence electrons. The van der Waals surface area contributed by atoms with Gasteiger partial charge in [-0.1, -0.05) is 11.3 Å². The average Bonchev–Trinajstić information content (AvgIpc) is 2.31. The average molecular weight is 186 g/mol. The van der Waals surface area contributed by atoms with Gasteiger partial charge >= 0.3 is 0 Å². The highest BCUT2D eigenvalue weighted by Gasteiger charge is 2.16. The summed E-state index contributed by atoms with van der Waals surface area (Å²) in [6.45, 7) is 2.99. The summed E-state index contributed by atoms with van der Waals surface area (Å²) in [7, 11) is 0. The summed E-state index contributed by atoms with van der Waals surface area (Å²) in [4.78, 5) is 15.3. The van der Waals surface area contributed by atoms with Crippen molar-refractivity contribution in [1.29, 1.82) is 0 Å². The van der Waals surface area contributed by atoms with E-state index in [0.717, 1.165) is 11.3 Å². The molecule has 4 nitrogen and oxygen atoms in total. The molecule has 0 aliphatic carbocycles. The van der Waals surface area contributed by atoms with E-state index in [2.05, 4.69) is 4.98 Å². The van der Waals surface area contributed by atoms with Gasteiger partial charge in [0.15, 0.2) is 10.9 Å². The molecule has 1 rings (SSSR count). The first-order chi connectivity index (χ1) is 5.52. The summed E-state index contributed by atoms with van der Waals surface area (Å²) >= 11 is 1.11. The maximum atomic E-state index is 11.0. The van der Waals surface area contributed by atoms with Crippen LogP contribution in [0, 0.1) is 0 Å². The summed E-state index contributed by atoms with van der Waals surface area (Å²) in [5.74, 6) is -0.111. The van der Waals surface area contributed by atoms with E-state index in [4.69, 9.17) is 5.73 Å². The van der Waals surface area contributed by atoms with Crippen molar-refractivity contribution in [1.82, 2.24) is 4.98 Å². The number of aliphatic hydroxyl groups is 1. The number of anilines is 1. The molecule has 1 atom stereocenters. The second-order valence-electron chi connectivity index (χ2n) is 2.50. The normalized spacial score (nSPS) is 12.9. The molecule has 5 heteroatoms. The Balaban J connectivity index is 3.17. The lowest BCUT2D eigenvalue weighted by molar-refractivity contribution is 0.101. The van der Waals surface area contributed by atoms with Crippen LogP contribution < -0.4 is 5.73 Å². The standard InChI is InChI=1S/C7H10N2O2S/c1-3(10)5-6(4(2)11)12-7(8)9-5/h3,10H,1-2H3,(H2,8,9). The molecule has 0 aliphatic heterocycles. The number of ketones is 1. The highest BCUT2D eigenvalue weighted by molar-refractivity contribution is 7.17. The first kappa shape index (κ1) is 9.15. The molecule has 1 aromatic rings. The summed E-state index contributed by atoms with van der Waals surface area (Å²) in [5.41, 5.74) is 5.78. The third-order valence-electron chi connectivity index (χ3n) is 1.39. The van der Waals surface area contributed by atoms with Crippen LogP contribution in [0.1, 0.15) is 35.3 Å². The highest BCUT2D eigenvalue weighted by atomic mass is 32.1. The van der Waals surface area contributed by atoms with E-state index < -0.39 is 6.10 Å². The third kappa shape index (κ3) is 1.62. The lowest BCUT2D eigenvalue weighted by atomic mass is 10.2. The van der Waals surface area contributed by atoms with Crippen LogP contribution in [0.15, 0.2) is 0 Å². The second kappa shape index (κ2) is 3.20. The van der Waals surface area contributed by atoms with Crippen molar-refractivity contribution in [3.05, 3.63) is 10.6 Å². The van der Waals surface area contributed by atoms with Gasteiger partial charge in [0.05, 0.1) is 16.7 Å². The summed E-state index contributed by atoms with van der Waals surface area (Å²) in [5, 5.41) is 9.52. The minimum atomic E-state index is -0.738. The Bertz CT molecular complexity index is 306. The van der Waals surface area contributed by atoms with E-state index in [0.29, 0.717) is 15.7 Å². The second-order valence-corrected chi connectivity index (χ2v) is 3.53. The first-order valence-corrected chi connectivity index (χ1v) is 4.29. The van der Waals surface area contributed by atoms with Gasteiger partial charge in [0, 0.05) is 6.92 Å². The largest absolute Gasteiger partial charge is 0.387 e. The zero-order valence-corrected chi connectivity index (χ0v) is 7.68. The smallest absolute Gasteiger partial charge is 0.181 e. The third-order valence-corrected chi connectivity index (χ3v) is 2.39. The van der Waals surface area contributed by atoms with E-state index in [-0.39, 0.29) is 5.78 Å². The molecule has 1 heterocycles. The zero-order chi connectivity index (χ0) is 9.30. The number of nitrogen functional groups attached to an aromatic ring is 1. The Labute approximate surface area is 74.0 Å². The Hall–Kier alpha value is -0.940. The van der Waals surface area contributed by atoms with Gasteiger partial charge < -0.3 is 10.8 Å². The minimum Gasteiger partial charge on any atom is -0.387 e. The number of hydrogen-bond acceptors (Lipinski definition) is 5. The maximum absolute atomic E-state index is 11.0. The molecular formula is C7H10N2O2S. The predicted molar refractivity (Wildman–Crippen MR) is 47.2 cm³/mol. The SMILES string of the molecule is CC(=O)c1sc(N)nc1C(C)O. The Morgan fingerprint density at radius 1 is 1.75 bits per heavy atom. The minimum absolute atomic E-state index is 0.111. The molecule has 0 saturated heterocycles. The predicted octanol–water partition coefficient (Wildman–Crippen LogP) is 0.981. The number of Topliss-reactive ketones (excluding diaryl/α,β-unsaturated/α-hetero) is 1. The van der Waals surface area contributed by atoms with Crippen molar-refractivity contribution in [3.63, 3.8) is 0 Å². The van der Waals surface area contributed by atoms with Crippen LogP contribution in [-0.2, 0) is 0 Å². The van der Waals surface area contributed by atoms with Crippen molar-refractivity contribution in [2.24, 2.45) is 0 Å². The molecule has 12 heavy (non-hydrogen) atoms. The van der Waals surface area contributed by atoms with Gasteiger partial charge in [-0.3, -0.25) is 4.79 Å². The topological polar surface area (TPSA) is 76.2 Å². The van der Waals surface area contributed by atoms with Crippen molar-refractivity contribution in [2.45, 2.75) is 20.0 Å². The number of hydrogen-bond donors (Lipinski definition) is 2. The fourth-order valence-corrected chi connectivity index (χ4v) is 1.70. The summed E-state index contributed by atoms with van der Waals surface area (Å²) < 4.78 is 0. The van der Waals surface area contributed by atoms with Gasteiger partial charge in [0.2, 0.25) is 0 Å². The van der Waals surface area contributed by atoms with Gasteiger partial charge in [-0.25, -0.2) is 4.98 Å². The quantitative estimate of drug-likeness (QED) is 0.675. The van der Waals surface area contributed by atoms with Crippen LogP contribution >= 0.6 is 11.3 Å². The van der Waals surface area contributed by atoms with Gasteiger partial charge in [0.1, 0.15) is 0 Å². The highest BCUT2D eigenvalue weighted by Crippen LogP contribution is 2.25. The molecule has 1 unspecified atom stereocenters. The monoisotopic (exact) mass is 186 g/mol. The van der Waals surface area contributed by atoms with Crippen LogP contribution in [0.25, 0.3) is 0 Å². The van der Waals surface area contributed by atoms with E-state index in [9.17, 15) is 9.90 Å². The van der Waals surface area contributed by atoms with Crippen molar-refractivity contribution in [3.8, 4) is 0 Å². The fourth-order valence-electron chi connectivity index (χ4n) is 0.885. The van der Waals surface area contributed by atoms with Crippen molar-refractivity contribution >= 4 is 22.3 Å². The van der Waals surface area contributed by atoms with Gasteiger partial charge in [-0.05, 0) is 6.92 Å². The van der Waals surface area contributed by atoms with Crippen LogP contribution in [0.4, 0.5) is 5.13 Å². The lowest BCUT2D eigenvalue weighted by Crippen LogP contribution is -1.99. The number of nitrogens with zero attached hydrogens (tertiary/aromatic N) is 1. The molecule has 0 fully saturated rings. The molecule has 0 amide bonds. The molecule has 3 N–H and O–H groups in total. The Morgan fingerprint density at radius 3 is 2.67 bits per heavy atom. The molecule has 0 spiro atoms. The van der Waals surface area contributed by atoms with Crippen LogP contribution in [-0.4, -0.2) is 15.9 Å². The van der Waals surface area contributed by atoms with Gasteiger partial charge in [-0.15, -0.1) is 0 Å². The maximum Gasteiger partial charge on any atom is 0.181 e. The van der Waals surface area contributed by atoms with E-state index in [1.807, 2.05) is 0 Å². The van der Waals surface area contributed by atoms with E-state index in [1.54, 1.807) is 6.92 Å². The molecule has 0 bridgehead atoms. The first-order valence-electron chi connectivity index (χ1n) is 3.47. The molecule has 0 radical (unpaired) electrons. The summed E-state index contributed by atoms with van der Waals surface area (Å²) in [6, 6.07) is 0. The Kier molecular flexibility index (Phi) is 2.44. The fraction of sp³-hybridized carbons (Fsp3) is 0.429. The van der Waals surface area contributed by atoms with E-state index in [1.165, 1.54) is 6.92 Å². The lowest BCUT2D eigenvalue weighted by Gasteiger charge is -1.99. The van der Waals surface area contributed by atoms with E-state index >= 15 is 0 Å². The number of aliphatic hydroxyl groups excluding tert-OH is 1. The molecule has 0 aliphatic rings. The van der Waals surface area contributed by atoms with Crippen molar-refractivity contribution < 1.29 is 9.90 Å². The van der Waals surface area contributed by atoms with Crippen LogP contribution in [0.2, 0.25) is 0 Å². The number of rotatable bonds is 2. The van der Waals surface area contributed by atoms with Gasteiger partial charge in [0.25, 0.3) is 0 Å². The van der Waals surface area contributed by atoms with Crippen LogP contribution in [0.5, 0.6) is 0 Å². The van der Waals surface area contributed by atoms with Gasteiger partial charge in [-0.2, -0.15) is 0 Å². The molecule has 0 aromatic carbocycles. The zero-order valence-electron chi connectivity index (χ0n) is 6.87. The number of nitrogens with two attached hydrogens (primary N) is 1. The van der Waals surface area contributed by atoms with Crippen LogP contribution in [0.3, 0.4) is 0 Å². The molecule has 1 aromatic heterocycles. The Morgan fingerprint density at radius 2 is 2.33 bits per heavy atom.